The van der Waals surface area contributed by atoms with Gasteiger partial charge in [0.2, 0.25) is 0 Å². The number of ether oxygens (including phenoxy) is 2. The third kappa shape index (κ3) is 5.03. The molecule has 0 saturated carbocycles. The zero-order valence-electron chi connectivity index (χ0n) is 19.9. The molecule has 1 aliphatic rings. The van der Waals surface area contributed by atoms with Crippen LogP contribution >= 0.6 is 0 Å². The molecule has 0 spiro atoms. The lowest BCUT2D eigenvalue weighted by molar-refractivity contribution is -0.140. The highest BCUT2D eigenvalue weighted by Gasteiger charge is 2.46. The van der Waals surface area contributed by atoms with Crippen molar-refractivity contribution in [3.05, 3.63) is 64.7 Å². The first kappa shape index (κ1) is 24.3. The number of hydrogen-bond donors (Lipinski definition) is 1. The van der Waals surface area contributed by atoms with Gasteiger partial charge in [-0.1, -0.05) is 18.2 Å². The summed E-state index contributed by atoms with van der Waals surface area (Å²) in [5.41, 5.74) is 2.02. The van der Waals surface area contributed by atoms with Gasteiger partial charge in [0.25, 0.3) is 11.7 Å². The Hall–Kier alpha value is -3.32. The van der Waals surface area contributed by atoms with E-state index in [1.807, 2.05) is 57.1 Å². The average molecular weight is 453 g/mol. The number of hydrogen-bond acceptors (Lipinski definition) is 6. The molecule has 1 amide bonds. The topological polar surface area (TPSA) is 79.3 Å². The standard InChI is InChI=1S/C26H32N2O5/c1-6-33-21-11-8-7-10-19(21)23-22(24(29)18-12-13-20(32-5)17(2)16-18)25(30)26(31)28(23)15-9-14-27(3)4/h7-8,10-13,16,23,29H,6,9,14-15H2,1-5H3/t23-/m0/s1. The maximum Gasteiger partial charge on any atom is 0.295 e. The van der Waals surface area contributed by atoms with Crippen LogP contribution in [0.1, 0.15) is 36.1 Å². The Morgan fingerprint density at radius 3 is 2.48 bits per heavy atom. The van der Waals surface area contributed by atoms with Crippen LogP contribution in [0.3, 0.4) is 0 Å². The lowest BCUT2D eigenvalue weighted by atomic mass is 9.94. The highest BCUT2D eigenvalue weighted by molar-refractivity contribution is 6.46. The highest BCUT2D eigenvalue weighted by Crippen LogP contribution is 2.43. The summed E-state index contributed by atoms with van der Waals surface area (Å²) in [6.45, 7) is 5.32. The van der Waals surface area contributed by atoms with Crippen molar-refractivity contribution >= 4 is 17.4 Å². The van der Waals surface area contributed by atoms with Crippen LogP contribution in [-0.4, -0.2) is 67.5 Å². The van der Waals surface area contributed by atoms with Gasteiger partial charge in [0, 0.05) is 17.7 Å². The van der Waals surface area contributed by atoms with Crippen LogP contribution in [0.5, 0.6) is 11.5 Å². The first-order valence-corrected chi connectivity index (χ1v) is 11.1. The number of carbonyl (C=O) groups is 2. The van der Waals surface area contributed by atoms with E-state index in [1.54, 1.807) is 30.2 Å². The Morgan fingerprint density at radius 1 is 1.12 bits per heavy atom. The molecular formula is C26H32N2O5. The summed E-state index contributed by atoms with van der Waals surface area (Å²) in [5.74, 6) is -0.250. The number of aliphatic hydroxyl groups is 1. The van der Waals surface area contributed by atoms with Crippen LogP contribution in [0.4, 0.5) is 0 Å². The predicted molar refractivity (Wildman–Crippen MR) is 128 cm³/mol. The second-order valence-corrected chi connectivity index (χ2v) is 8.30. The second kappa shape index (κ2) is 10.5. The van der Waals surface area contributed by atoms with Crippen molar-refractivity contribution in [3.63, 3.8) is 0 Å². The first-order valence-electron chi connectivity index (χ1n) is 11.1. The van der Waals surface area contributed by atoms with E-state index in [1.165, 1.54) is 0 Å². The molecule has 2 aromatic carbocycles. The van der Waals surface area contributed by atoms with E-state index in [0.29, 0.717) is 42.2 Å². The molecule has 3 rings (SSSR count). The van der Waals surface area contributed by atoms with E-state index in [2.05, 4.69) is 0 Å². The number of carbonyl (C=O) groups excluding carboxylic acids is 2. The lowest BCUT2D eigenvalue weighted by Gasteiger charge is -2.27. The van der Waals surface area contributed by atoms with Gasteiger partial charge in [-0.05, 0) is 70.7 Å². The summed E-state index contributed by atoms with van der Waals surface area (Å²) in [4.78, 5) is 29.9. The van der Waals surface area contributed by atoms with Crippen molar-refractivity contribution in [2.45, 2.75) is 26.3 Å². The van der Waals surface area contributed by atoms with Gasteiger partial charge in [-0.2, -0.15) is 0 Å². The smallest absolute Gasteiger partial charge is 0.295 e. The molecule has 33 heavy (non-hydrogen) atoms. The number of rotatable bonds is 9. The SMILES string of the molecule is CCOc1ccccc1[C@H]1C(=C(O)c2ccc(OC)c(C)c2)C(=O)C(=O)N1CCCN(C)C. The van der Waals surface area contributed by atoms with Crippen molar-refractivity contribution in [2.24, 2.45) is 0 Å². The van der Waals surface area contributed by atoms with Gasteiger partial charge in [0.15, 0.2) is 0 Å². The van der Waals surface area contributed by atoms with E-state index < -0.39 is 17.7 Å². The van der Waals surface area contributed by atoms with E-state index in [4.69, 9.17) is 9.47 Å². The van der Waals surface area contributed by atoms with Gasteiger partial charge < -0.3 is 24.4 Å². The molecule has 1 aliphatic heterocycles. The zero-order chi connectivity index (χ0) is 24.1. The molecule has 0 radical (unpaired) electrons. The Morgan fingerprint density at radius 2 is 1.85 bits per heavy atom. The minimum atomic E-state index is -0.739. The molecule has 7 heteroatoms. The van der Waals surface area contributed by atoms with E-state index in [9.17, 15) is 14.7 Å². The minimum Gasteiger partial charge on any atom is -0.507 e. The first-order chi connectivity index (χ1) is 15.8. The van der Waals surface area contributed by atoms with Crippen LogP contribution < -0.4 is 9.47 Å². The number of benzene rings is 2. The fraction of sp³-hybridized carbons (Fsp3) is 0.385. The number of amides is 1. The monoisotopic (exact) mass is 452 g/mol. The maximum absolute atomic E-state index is 13.2. The maximum atomic E-state index is 13.2. The molecule has 7 nitrogen and oxygen atoms in total. The Bertz CT molecular complexity index is 1060. The molecular weight excluding hydrogens is 420 g/mol. The quantitative estimate of drug-likeness (QED) is 0.354. The van der Waals surface area contributed by atoms with Gasteiger partial charge in [0.05, 0.1) is 25.3 Å². The summed E-state index contributed by atoms with van der Waals surface area (Å²) < 4.78 is 11.1. The van der Waals surface area contributed by atoms with Crippen LogP contribution in [0.25, 0.3) is 5.76 Å². The zero-order valence-corrected chi connectivity index (χ0v) is 19.9. The molecule has 0 aromatic heterocycles. The summed E-state index contributed by atoms with van der Waals surface area (Å²) in [6, 6.07) is 11.8. The number of Topliss-reactive ketones (excluding diaryl/α,β-unsaturated/α-hetero) is 1. The third-order valence-corrected chi connectivity index (χ3v) is 5.73. The Kier molecular flexibility index (Phi) is 7.76. The summed E-state index contributed by atoms with van der Waals surface area (Å²) in [5, 5.41) is 11.3. The second-order valence-electron chi connectivity index (χ2n) is 8.30. The van der Waals surface area contributed by atoms with Crippen LogP contribution in [0.15, 0.2) is 48.0 Å². The number of methoxy groups -OCH3 is 1. The predicted octanol–water partition coefficient (Wildman–Crippen LogP) is 3.78. The van der Waals surface area contributed by atoms with Gasteiger partial charge in [-0.3, -0.25) is 9.59 Å². The Balaban J connectivity index is 2.16. The molecule has 0 bridgehead atoms. The number of likely N-dealkylation sites (tertiary alicyclic amines) is 1. The molecule has 2 aromatic rings. The number of ketones is 1. The fourth-order valence-electron chi connectivity index (χ4n) is 4.17. The molecule has 0 unspecified atom stereocenters. The minimum absolute atomic E-state index is 0.0709. The molecule has 176 valence electrons. The van der Waals surface area contributed by atoms with Crippen molar-refractivity contribution in [3.8, 4) is 11.5 Å². The highest BCUT2D eigenvalue weighted by atomic mass is 16.5. The number of aryl methyl sites for hydroxylation is 1. The lowest BCUT2D eigenvalue weighted by Crippen LogP contribution is -2.32. The summed E-state index contributed by atoms with van der Waals surface area (Å²) in [7, 11) is 5.50. The molecule has 0 aliphatic carbocycles. The van der Waals surface area contributed by atoms with E-state index in [-0.39, 0.29) is 11.3 Å². The van der Waals surface area contributed by atoms with Gasteiger partial charge in [0.1, 0.15) is 17.3 Å². The van der Waals surface area contributed by atoms with Crippen LogP contribution in [0, 0.1) is 6.92 Å². The summed E-state index contributed by atoms with van der Waals surface area (Å²) >= 11 is 0. The number of para-hydroxylation sites is 1. The van der Waals surface area contributed by atoms with E-state index in [0.717, 1.165) is 12.1 Å². The Labute approximate surface area is 195 Å². The van der Waals surface area contributed by atoms with Crippen molar-refractivity contribution in [1.29, 1.82) is 0 Å². The molecule has 1 fully saturated rings. The largest absolute Gasteiger partial charge is 0.507 e. The third-order valence-electron chi connectivity index (χ3n) is 5.73. The normalized spacial score (nSPS) is 17.6. The molecule has 1 N–H and O–H groups in total. The van der Waals surface area contributed by atoms with Crippen molar-refractivity contribution < 1.29 is 24.2 Å². The van der Waals surface area contributed by atoms with Crippen LogP contribution in [-0.2, 0) is 9.59 Å². The molecule has 1 saturated heterocycles. The van der Waals surface area contributed by atoms with Crippen molar-refractivity contribution in [1.82, 2.24) is 9.80 Å². The molecule has 1 atom stereocenters. The van der Waals surface area contributed by atoms with E-state index >= 15 is 0 Å². The van der Waals surface area contributed by atoms with Crippen LogP contribution in [0.2, 0.25) is 0 Å². The average Bonchev–Trinajstić information content (AvgIpc) is 3.04. The number of aliphatic hydroxyl groups excluding tert-OH is 1. The number of nitrogens with zero attached hydrogens (tertiary/aromatic N) is 2. The summed E-state index contributed by atoms with van der Waals surface area (Å²) in [6.07, 6.45) is 0.689. The van der Waals surface area contributed by atoms with Gasteiger partial charge in [-0.15, -0.1) is 0 Å². The fourth-order valence-corrected chi connectivity index (χ4v) is 4.17. The van der Waals surface area contributed by atoms with Gasteiger partial charge >= 0.3 is 0 Å². The van der Waals surface area contributed by atoms with Gasteiger partial charge in [-0.25, -0.2) is 0 Å². The molecule has 1 heterocycles. The van der Waals surface area contributed by atoms with Crippen molar-refractivity contribution in [2.75, 3.05) is 40.9 Å².